The monoisotopic (exact) mass is 501 g/mol. The maximum Gasteiger partial charge on any atom is 0.418 e. The molecule has 0 saturated heterocycles. The van der Waals surface area contributed by atoms with Crippen LogP contribution in [0.4, 0.5) is 23.2 Å². The highest BCUT2D eigenvalue weighted by molar-refractivity contribution is 8.03. The average molecular weight is 502 g/mol. The van der Waals surface area contributed by atoms with Crippen LogP contribution >= 0.6 is 11.8 Å². The number of thioether (sulfide) groups is 1. The molecule has 180 valence electrons. The number of carbonyl (C=O) groups excluding carboxylic acids is 2. The molecule has 1 aliphatic carbocycles. The van der Waals surface area contributed by atoms with Gasteiger partial charge in [-0.15, -0.1) is 0 Å². The number of hydrogen-bond donors (Lipinski definition) is 2. The van der Waals surface area contributed by atoms with Crippen LogP contribution in [0, 0.1) is 17.1 Å². The van der Waals surface area contributed by atoms with Crippen molar-refractivity contribution < 1.29 is 27.2 Å². The highest BCUT2D eigenvalue weighted by atomic mass is 32.2. The van der Waals surface area contributed by atoms with Gasteiger partial charge in [-0.2, -0.15) is 18.4 Å². The average Bonchev–Trinajstić information content (AvgIpc) is 2.82. The molecular formula is C25H19F4N3O2S. The van der Waals surface area contributed by atoms with E-state index in [0.29, 0.717) is 24.1 Å². The fraction of sp³-hybridized carbons (Fsp3) is 0.240. The van der Waals surface area contributed by atoms with E-state index in [2.05, 4.69) is 10.6 Å². The molecule has 35 heavy (non-hydrogen) atoms. The lowest BCUT2D eigenvalue weighted by Gasteiger charge is -2.33. The molecule has 10 heteroatoms. The fourth-order valence-corrected chi connectivity index (χ4v) is 5.08. The van der Waals surface area contributed by atoms with Crippen molar-refractivity contribution in [3.8, 4) is 6.07 Å². The number of allylic oxidation sites excluding steroid dienone is 3. The zero-order valence-electron chi connectivity index (χ0n) is 18.2. The van der Waals surface area contributed by atoms with Gasteiger partial charge in [0.05, 0.1) is 39.6 Å². The van der Waals surface area contributed by atoms with E-state index in [4.69, 9.17) is 0 Å². The molecule has 0 spiro atoms. The van der Waals surface area contributed by atoms with Gasteiger partial charge in [0.1, 0.15) is 5.82 Å². The topological polar surface area (TPSA) is 82.0 Å². The van der Waals surface area contributed by atoms with E-state index in [9.17, 15) is 32.4 Å². The summed E-state index contributed by atoms with van der Waals surface area (Å²) in [5, 5.41) is 15.5. The van der Waals surface area contributed by atoms with Crippen molar-refractivity contribution in [3.63, 3.8) is 0 Å². The maximum absolute atomic E-state index is 14.7. The van der Waals surface area contributed by atoms with Crippen LogP contribution in [0.25, 0.3) is 0 Å². The maximum atomic E-state index is 14.7. The molecule has 1 heterocycles. The molecule has 1 atom stereocenters. The molecule has 2 aromatic carbocycles. The van der Waals surface area contributed by atoms with Crippen LogP contribution in [0.15, 0.2) is 70.4 Å². The predicted octanol–water partition coefficient (Wildman–Crippen LogP) is 5.65. The Hall–Kier alpha value is -3.58. The Morgan fingerprint density at radius 2 is 1.86 bits per heavy atom. The Kier molecular flexibility index (Phi) is 6.98. The number of nitrogens with zero attached hydrogens (tertiary/aromatic N) is 1. The second kappa shape index (κ2) is 9.96. The van der Waals surface area contributed by atoms with Crippen LogP contribution in [0.1, 0.15) is 36.3 Å². The van der Waals surface area contributed by atoms with Gasteiger partial charge >= 0.3 is 6.18 Å². The molecular weight excluding hydrogens is 482 g/mol. The van der Waals surface area contributed by atoms with Gasteiger partial charge in [-0.1, -0.05) is 42.1 Å². The van der Waals surface area contributed by atoms with Crippen molar-refractivity contribution in [2.45, 2.75) is 31.4 Å². The van der Waals surface area contributed by atoms with E-state index in [1.165, 1.54) is 30.3 Å². The van der Waals surface area contributed by atoms with Crippen LogP contribution in [0.3, 0.4) is 0 Å². The number of halogens is 4. The zero-order chi connectivity index (χ0) is 25.2. The molecule has 0 radical (unpaired) electrons. The van der Waals surface area contributed by atoms with Crippen LogP contribution in [0.5, 0.6) is 0 Å². The molecule has 1 amide bonds. The van der Waals surface area contributed by atoms with E-state index in [1.54, 1.807) is 6.07 Å². The molecule has 0 fully saturated rings. The Balaban J connectivity index is 1.62. The Morgan fingerprint density at radius 1 is 1.14 bits per heavy atom. The molecule has 0 aromatic heterocycles. The van der Waals surface area contributed by atoms with Crippen molar-refractivity contribution in [2.75, 3.05) is 11.1 Å². The highest BCUT2D eigenvalue weighted by Gasteiger charge is 2.38. The van der Waals surface area contributed by atoms with Crippen molar-refractivity contribution in [2.24, 2.45) is 0 Å². The number of benzene rings is 2. The summed E-state index contributed by atoms with van der Waals surface area (Å²) in [5.74, 6) is -2.68. The summed E-state index contributed by atoms with van der Waals surface area (Å²) in [5.41, 5.74) is -0.179. The first-order chi connectivity index (χ1) is 16.7. The number of ketones is 1. The summed E-state index contributed by atoms with van der Waals surface area (Å²) in [6.45, 7) is 0. The molecule has 5 nitrogen and oxygen atoms in total. The van der Waals surface area contributed by atoms with Gasteiger partial charge < -0.3 is 10.6 Å². The highest BCUT2D eigenvalue weighted by Crippen LogP contribution is 2.44. The summed E-state index contributed by atoms with van der Waals surface area (Å²) in [7, 11) is 0. The zero-order valence-corrected chi connectivity index (χ0v) is 19.0. The van der Waals surface area contributed by atoms with E-state index in [-0.39, 0.29) is 39.8 Å². The first-order valence-electron chi connectivity index (χ1n) is 10.7. The molecule has 1 unspecified atom stereocenters. The van der Waals surface area contributed by atoms with Crippen LogP contribution in [-0.4, -0.2) is 17.4 Å². The first-order valence-corrected chi connectivity index (χ1v) is 11.7. The van der Waals surface area contributed by atoms with Gasteiger partial charge in [0.15, 0.2) is 5.78 Å². The second-order valence-electron chi connectivity index (χ2n) is 7.98. The Morgan fingerprint density at radius 3 is 2.57 bits per heavy atom. The number of nitriles is 1. The van der Waals surface area contributed by atoms with Gasteiger partial charge in [-0.25, -0.2) is 4.39 Å². The summed E-state index contributed by atoms with van der Waals surface area (Å²) in [6, 6.07) is 12.6. The van der Waals surface area contributed by atoms with Crippen molar-refractivity contribution in [1.29, 1.82) is 5.26 Å². The number of anilines is 1. The number of hydrogen-bond acceptors (Lipinski definition) is 5. The number of rotatable bonds is 5. The predicted molar refractivity (Wildman–Crippen MR) is 123 cm³/mol. The number of alkyl halides is 3. The second-order valence-corrected chi connectivity index (χ2v) is 8.97. The van der Waals surface area contributed by atoms with Crippen LogP contribution in [-0.2, 0) is 15.8 Å². The minimum absolute atomic E-state index is 0.0811. The number of para-hydroxylation sites is 1. The Labute approximate surface area is 202 Å². The summed E-state index contributed by atoms with van der Waals surface area (Å²) < 4.78 is 54.4. The fourth-order valence-electron chi connectivity index (χ4n) is 4.22. The molecule has 0 saturated carbocycles. The number of dihydropyridines is 1. The van der Waals surface area contributed by atoms with Crippen molar-refractivity contribution in [1.82, 2.24) is 5.32 Å². The lowest BCUT2D eigenvalue weighted by Crippen LogP contribution is -2.32. The number of amides is 1. The van der Waals surface area contributed by atoms with Crippen LogP contribution in [0.2, 0.25) is 0 Å². The standard InChI is InChI=1S/C25H19F4N3O2S/c26-17-8-3-1-6-14(17)22-15(12-30)24(32-19-10-5-11-20(33)23(19)22)35-13-21(34)31-18-9-4-2-7-16(18)25(27,28)29/h1-4,6-9,22,32H,5,10-11,13H2,(H,31,34). The van der Waals surface area contributed by atoms with Crippen LogP contribution < -0.4 is 10.6 Å². The lowest BCUT2D eigenvalue weighted by atomic mass is 9.76. The van der Waals surface area contributed by atoms with Crippen molar-refractivity contribution in [3.05, 3.63) is 87.3 Å². The molecule has 2 aromatic rings. The van der Waals surface area contributed by atoms with Gasteiger partial charge in [-0.3, -0.25) is 9.59 Å². The molecule has 2 N–H and O–H groups in total. The number of nitrogens with one attached hydrogen (secondary N) is 2. The largest absolute Gasteiger partial charge is 0.418 e. The molecule has 2 aliphatic rings. The van der Waals surface area contributed by atoms with Gasteiger partial charge in [0.25, 0.3) is 0 Å². The first kappa shape index (κ1) is 24.5. The van der Waals surface area contributed by atoms with Gasteiger partial charge in [-0.05, 0) is 31.0 Å². The van der Waals surface area contributed by atoms with E-state index in [0.717, 1.165) is 23.9 Å². The lowest BCUT2D eigenvalue weighted by molar-refractivity contribution is -0.137. The summed E-state index contributed by atoms with van der Waals surface area (Å²) in [4.78, 5) is 25.3. The van der Waals surface area contributed by atoms with Gasteiger partial charge in [0, 0.05) is 23.3 Å². The molecule has 0 bridgehead atoms. The van der Waals surface area contributed by atoms with Gasteiger partial charge in [0.2, 0.25) is 5.91 Å². The third-order valence-corrected chi connectivity index (χ3v) is 6.75. The molecule has 4 rings (SSSR count). The SMILES string of the molecule is N#CC1=C(SCC(=O)Nc2ccccc2C(F)(F)F)NC2=C(C(=O)CCC2)C1c1ccccc1F. The normalized spacial score (nSPS) is 18.0. The quantitative estimate of drug-likeness (QED) is 0.518. The van der Waals surface area contributed by atoms with E-state index < -0.39 is 29.4 Å². The van der Waals surface area contributed by atoms with E-state index >= 15 is 0 Å². The number of carbonyl (C=O) groups is 2. The number of Topliss-reactive ketones (excluding diaryl/α,β-unsaturated/α-hetero) is 1. The minimum Gasteiger partial charge on any atom is -0.352 e. The van der Waals surface area contributed by atoms with Crippen molar-refractivity contribution >= 4 is 29.1 Å². The minimum atomic E-state index is -4.64. The summed E-state index contributed by atoms with van der Waals surface area (Å²) in [6.07, 6.45) is -3.25. The third kappa shape index (κ3) is 5.10. The third-order valence-electron chi connectivity index (χ3n) is 5.73. The Bertz CT molecular complexity index is 1290. The summed E-state index contributed by atoms with van der Waals surface area (Å²) >= 11 is 0.917. The van der Waals surface area contributed by atoms with E-state index in [1.807, 2.05) is 6.07 Å². The molecule has 1 aliphatic heterocycles. The smallest absolute Gasteiger partial charge is 0.352 e.